The number of rotatable bonds is 6. The zero-order valence-corrected chi connectivity index (χ0v) is 16.6. The lowest BCUT2D eigenvalue weighted by atomic mass is 10.1. The van der Waals surface area contributed by atoms with E-state index in [2.05, 4.69) is 80.5 Å². The summed E-state index contributed by atoms with van der Waals surface area (Å²) in [6.07, 6.45) is 0. The second-order valence-corrected chi connectivity index (χ2v) is 6.54. The largest absolute Gasteiger partial charge is 0.492 e. The van der Waals surface area contributed by atoms with Crippen molar-refractivity contribution < 1.29 is 4.74 Å². The highest BCUT2D eigenvalue weighted by Gasteiger charge is 2.10. The van der Waals surface area contributed by atoms with E-state index in [-0.39, 0.29) is 12.4 Å². The summed E-state index contributed by atoms with van der Waals surface area (Å²) >= 11 is 7.14. The van der Waals surface area contributed by atoms with Gasteiger partial charge in [0.2, 0.25) is 0 Å². The minimum Gasteiger partial charge on any atom is -0.492 e. The van der Waals surface area contributed by atoms with Crippen molar-refractivity contribution in [1.29, 1.82) is 0 Å². The van der Waals surface area contributed by atoms with Gasteiger partial charge in [0.1, 0.15) is 5.75 Å². The van der Waals surface area contributed by atoms with Crippen LogP contribution in [0.5, 0.6) is 5.75 Å². The summed E-state index contributed by atoms with van der Waals surface area (Å²) in [6, 6.07) is 15.0. The van der Waals surface area contributed by atoms with Crippen LogP contribution in [0.4, 0.5) is 0 Å². The molecule has 2 aromatic carbocycles. The maximum Gasteiger partial charge on any atom is 0.147 e. The minimum atomic E-state index is 0. The van der Waals surface area contributed by atoms with Gasteiger partial charge in [-0.3, -0.25) is 0 Å². The third-order valence-corrected chi connectivity index (χ3v) is 4.44. The number of benzene rings is 2. The van der Waals surface area contributed by atoms with Crippen LogP contribution in [0.2, 0.25) is 0 Å². The van der Waals surface area contributed by atoms with Crippen molar-refractivity contribution in [3.05, 3.63) is 62.5 Å². The first-order valence-corrected chi connectivity index (χ1v) is 8.59. The standard InChI is InChI=1S/C17H19Br2NO.ClH/c1-3-21-17-15(18)9-13(10-16(17)19)11-20-12(2)14-7-5-4-6-8-14;/h4-10,12,20H,3,11H2,1-2H3;1H. The maximum absolute atomic E-state index is 5.60. The van der Waals surface area contributed by atoms with Gasteiger partial charge in [0, 0.05) is 12.6 Å². The highest BCUT2D eigenvalue weighted by Crippen LogP contribution is 2.34. The molecule has 0 spiro atoms. The molecule has 1 unspecified atom stereocenters. The molecule has 1 atom stereocenters. The van der Waals surface area contributed by atoms with E-state index in [1.807, 2.05) is 13.0 Å². The number of nitrogens with one attached hydrogen (secondary N) is 1. The number of hydrogen-bond donors (Lipinski definition) is 1. The van der Waals surface area contributed by atoms with Gasteiger partial charge in [-0.15, -0.1) is 12.4 Å². The van der Waals surface area contributed by atoms with E-state index in [0.29, 0.717) is 12.6 Å². The Hall–Kier alpha value is -0.550. The summed E-state index contributed by atoms with van der Waals surface area (Å²) in [6.45, 7) is 5.61. The summed E-state index contributed by atoms with van der Waals surface area (Å²) in [5.41, 5.74) is 2.50. The molecule has 1 N–H and O–H groups in total. The Morgan fingerprint density at radius 2 is 1.68 bits per heavy atom. The van der Waals surface area contributed by atoms with Gasteiger partial charge in [-0.25, -0.2) is 0 Å². The van der Waals surface area contributed by atoms with Crippen LogP contribution in [-0.4, -0.2) is 6.61 Å². The fourth-order valence-electron chi connectivity index (χ4n) is 2.13. The monoisotopic (exact) mass is 447 g/mol. The highest BCUT2D eigenvalue weighted by atomic mass is 79.9. The normalized spacial score (nSPS) is 11.6. The number of ether oxygens (including phenoxy) is 1. The molecular weight excluding hydrogens is 429 g/mol. The van der Waals surface area contributed by atoms with Crippen molar-refractivity contribution in [1.82, 2.24) is 5.32 Å². The minimum absolute atomic E-state index is 0. The average Bonchev–Trinajstić information content (AvgIpc) is 2.49. The topological polar surface area (TPSA) is 21.3 Å². The molecule has 0 bridgehead atoms. The molecule has 0 heterocycles. The van der Waals surface area contributed by atoms with Gasteiger partial charge in [0.05, 0.1) is 15.6 Å². The van der Waals surface area contributed by atoms with Crippen LogP contribution in [0.25, 0.3) is 0 Å². The molecule has 2 nitrogen and oxygen atoms in total. The third-order valence-electron chi connectivity index (χ3n) is 3.26. The van der Waals surface area contributed by atoms with Gasteiger partial charge in [-0.05, 0) is 69.0 Å². The Balaban J connectivity index is 0.00000242. The fraction of sp³-hybridized carbons (Fsp3) is 0.294. The first kappa shape index (κ1) is 19.5. The first-order chi connectivity index (χ1) is 10.1. The molecule has 120 valence electrons. The second-order valence-electron chi connectivity index (χ2n) is 4.83. The molecule has 0 aliphatic rings. The number of hydrogen-bond acceptors (Lipinski definition) is 2. The van der Waals surface area contributed by atoms with E-state index in [1.54, 1.807) is 0 Å². The molecule has 0 fully saturated rings. The van der Waals surface area contributed by atoms with Crippen LogP contribution in [-0.2, 0) is 6.54 Å². The van der Waals surface area contributed by atoms with E-state index in [1.165, 1.54) is 11.1 Å². The predicted molar refractivity (Wildman–Crippen MR) is 102 cm³/mol. The van der Waals surface area contributed by atoms with Gasteiger partial charge in [0.25, 0.3) is 0 Å². The van der Waals surface area contributed by atoms with E-state index >= 15 is 0 Å². The lowest BCUT2D eigenvalue weighted by molar-refractivity contribution is 0.336. The lowest BCUT2D eigenvalue weighted by Gasteiger charge is -2.16. The van der Waals surface area contributed by atoms with E-state index in [0.717, 1.165) is 21.2 Å². The van der Waals surface area contributed by atoms with Crippen molar-refractivity contribution in [2.45, 2.75) is 26.4 Å². The van der Waals surface area contributed by atoms with Gasteiger partial charge in [-0.1, -0.05) is 30.3 Å². The Bertz CT molecular complexity index is 569. The highest BCUT2D eigenvalue weighted by molar-refractivity contribution is 9.11. The van der Waals surface area contributed by atoms with Crippen molar-refractivity contribution in [3.63, 3.8) is 0 Å². The Morgan fingerprint density at radius 3 is 2.23 bits per heavy atom. The van der Waals surface area contributed by atoms with Crippen LogP contribution >= 0.6 is 44.3 Å². The van der Waals surface area contributed by atoms with Gasteiger partial charge in [0.15, 0.2) is 0 Å². The molecule has 0 amide bonds. The summed E-state index contributed by atoms with van der Waals surface area (Å²) in [7, 11) is 0. The summed E-state index contributed by atoms with van der Waals surface area (Å²) in [5, 5.41) is 3.54. The lowest BCUT2D eigenvalue weighted by Crippen LogP contribution is -2.18. The van der Waals surface area contributed by atoms with Gasteiger partial charge < -0.3 is 10.1 Å². The Morgan fingerprint density at radius 1 is 1.09 bits per heavy atom. The van der Waals surface area contributed by atoms with Crippen LogP contribution in [0.1, 0.15) is 31.0 Å². The zero-order chi connectivity index (χ0) is 15.2. The molecule has 2 aromatic rings. The molecule has 0 aliphatic heterocycles. The zero-order valence-electron chi connectivity index (χ0n) is 12.6. The molecule has 0 aromatic heterocycles. The van der Waals surface area contributed by atoms with Crippen LogP contribution in [0.15, 0.2) is 51.4 Å². The molecule has 0 saturated heterocycles. The Labute approximate surface area is 155 Å². The summed E-state index contributed by atoms with van der Waals surface area (Å²) < 4.78 is 7.55. The van der Waals surface area contributed by atoms with Crippen LogP contribution in [0, 0.1) is 0 Å². The summed E-state index contributed by atoms with van der Waals surface area (Å²) in [4.78, 5) is 0. The molecule has 0 aliphatic carbocycles. The van der Waals surface area contributed by atoms with Gasteiger partial charge >= 0.3 is 0 Å². The molecular formula is C17H20Br2ClNO. The smallest absolute Gasteiger partial charge is 0.147 e. The van der Waals surface area contributed by atoms with E-state index in [4.69, 9.17) is 4.74 Å². The first-order valence-electron chi connectivity index (χ1n) is 7.01. The predicted octanol–water partition coefficient (Wildman–Crippen LogP) is 5.88. The fourth-order valence-corrected chi connectivity index (χ4v) is 3.64. The van der Waals surface area contributed by atoms with Crippen LogP contribution < -0.4 is 10.1 Å². The van der Waals surface area contributed by atoms with Crippen LogP contribution in [0.3, 0.4) is 0 Å². The molecule has 5 heteroatoms. The third kappa shape index (κ3) is 5.27. The molecule has 0 saturated carbocycles. The van der Waals surface area contributed by atoms with E-state index < -0.39 is 0 Å². The molecule has 22 heavy (non-hydrogen) atoms. The maximum atomic E-state index is 5.60. The second kappa shape index (κ2) is 9.56. The SMILES string of the molecule is CCOc1c(Br)cc(CNC(C)c2ccccc2)cc1Br.Cl. The van der Waals surface area contributed by atoms with Crippen molar-refractivity contribution >= 4 is 44.3 Å². The van der Waals surface area contributed by atoms with Crippen molar-refractivity contribution in [2.24, 2.45) is 0 Å². The number of halogens is 3. The van der Waals surface area contributed by atoms with Crippen molar-refractivity contribution in [3.8, 4) is 5.75 Å². The van der Waals surface area contributed by atoms with Gasteiger partial charge in [-0.2, -0.15) is 0 Å². The van der Waals surface area contributed by atoms with Crippen molar-refractivity contribution in [2.75, 3.05) is 6.61 Å². The molecule has 2 rings (SSSR count). The quantitative estimate of drug-likeness (QED) is 0.594. The van der Waals surface area contributed by atoms with E-state index in [9.17, 15) is 0 Å². The Kier molecular flexibility index (Phi) is 8.47. The summed E-state index contributed by atoms with van der Waals surface area (Å²) in [5.74, 6) is 0.859. The molecule has 0 radical (unpaired) electrons. The average molecular weight is 450 g/mol.